The number of rotatable bonds is 6. The number of anilines is 3. The number of hydrogen-bond donors (Lipinski definition) is 2. The summed E-state index contributed by atoms with van der Waals surface area (Å²) in [5.74, 6) is 0.240. The van der Waals surface area contributed by atoms with Gasteiger partial charge in [-0.05, 0) is 58.5 Å². The number of aryl methyl sites for hydroxylation is 1. The smallest absolute Gasteiger partial charge is 0.229 e. The molecule has 0 bridgehead atoms. The van der Waals surface area contributed by atoms with E-state index < -0.39 is 11.6 Å². The van der Waals surface area contributed by atoms with Crippen molar-refractivity contribution in [1.29, 1.82) is 0 Å². The third-order valence-corrected chi connectivity index (χ3v) is 6.41. The van der Waals surface area contributed by atoms with Crippen molar-refractivity contribution in [3.63, 3.8) is 0 Å². The van der Waals surface area contributed by atoms with E-state index in [0.29, 0.717) is 28.8 Å². The van der Waals surface area contributed by atoms with E-state index in [1.54, 1.807) is 12.3 Å². The summed E-state index contributed by atoms with van der Waals surface area (Å²) in [7, 11) is 1.97. The minimum absolute atomic E-state index is 0.00394. The summed E-state index contributed by atoms with van der Waals surface area (Å²) in [5, 5.41) is 6.33. The summed E-state index contributed by atoms with van der Waals surface area (Å²) in [6.45, 7) is 7.72. The number of pyridine rings is 1. The standard InChI is InChI=1S/C25H28F2N8/c1-14(2)35-15(3)31-24-19(26)9-16(10-21(24)35)23-20(27)12-30-25(33-23)32-22-6-5-18(11-29-22)34-8-7-17(13-34)28-4/h5-6,9-12,14,17,28H,7-8,13H2,1-4H3,(H,29,30,32,33). The summed E-state index contributed by atoms with van der Waals surface area (Å²) in [6, 6.07) is 7.35. The molecule has 4 heterocycles. The van der Waals surface area contributed by atoms with Gasteiger partial charge in [-0.3, -0.25) is 0 Å². The molecular formula is C25H28F2N8. The van der Waals surface area contributed by atoms with Gasteiger partial charge >= 0.3 is 0 Å². The molecular weight excluding hydrogens is 450 g/mol. The van der Waals surface area contributed by atoms with Gasteiger partial charge in [0.1, 0.15) is 22.9 Å². The highest BCUT2D eigenvalue weighted by Gasteiger charge is 2.21. The Kier molecular flexibility index (Phi) is 6.06. The second-order valence-corrected chi connectivity index (χ2v) is 9.09. The van der Waals surface area contributed by atoms with Crippen LogP contribution in [0.3, 0.4) is 0 Å². The fourth-order valence-electron chi connectivity index (χ4n) is 4.68. The molecule has 1 unspecified atom stereocenters. The summed E-state index contributed by atoms with van der Waals surface area (Å²) in [4.78, 5) is 19.5. The highest BCUT2D eigenvalue weighted by atomic mass is 19.1. The van der Waals surface area contributed by atoms with Gasteiger partial charge in [-0.25, -0.2) is 28.7 Å². The predicted octanol–water partition coefficient (Wildman–Crippen LogP) is 4.60. The van der Waals surface area contributed by atoms with E-state index in [9.17, 15) is 8.78 Å². The van der Waals surface area contributed by atoms with Gasteiger partial charge < -0.3 is 20.1 Å². The van der Waals surface area contributed by atoms with Gasteiger partial charge in [0.2, 0.25) is 5.95 Å². The molecule has 2 N–H and O–H groups in total. The van der Waals surface area contributed by atoms with Crippen molar-refractivity contribution in [2.45, 2.75) is 39.3 Å². The lowest BCUT2D eigenvalue weighted by molar-refractivity contribution is 0.600. The van der Waals surface area contributed by atoms with Crippen LogP contribution in [0.15, 0.2) is 36.7 Å². The van der Waals surface area contributed by atoms with E-state index in [1.165, 1.54) is 6.07 Å². The summed E-state index contributed by atoms with van der Waals surface area (Å²) >= 11 is 0. The molecule has 0 radical (unpaired) electrons. The maximum Gasteiger partial charge on any atom is 0.229 e. The third-order valence-electron chi connectivity index (χ3n) is 6.41. The van der Waals surface area contributed by atoms with Crippen molar-refractivity contribution < 1.29 is 8.78 Å². The Morgan fingerprint density at radius 1 is 1.06 bits per heavy atom. The Balaban J connectivity index is 1.43. The molecule has 1 aromatic carbocycles. The van der Waals surface area contributed by atoms with Crippen molar-refractivity contribution >= 4 is 28.5 Å². The van der Waals surface area contributed by atoms with Gasteiger partial charge in [0.25, 0.3) is 0 Å². The molecule has 10 heteroatoms. The van der Waals surface area contributed by atoms with Crippen LogP contribution in [0.1, 0.15) is 32.1 Å². The minimum atomic E-state index is -0.641. The molecule has 0 saturated carbocycles. The van der Waals surface area contributed by atoms with Crippen molar-refractivity contribution in [2.24, 2.45) is 0 Å². The van der Waals surface area contributed by atoms with Crippen LogP contribution in [-0.4, -0.2) is 50.7 Å². The van der Waals surface area contributed by atoms with Crippen LogP contribution in [0.5, 0.6) is 0 Å². The molecule has 8 nitrogen and oxygen atoms in total. The molecule has 182 valence electrons. The van der Waals surface area contributed by atoms with E-state index in [4.69, 9.17) is 0 Å². The van der Waals surface area contributed by atoms with Gasteiger partial charge in [-0.2, -0.15) is 0 Å². The summed E-state index contributed by atoms with van der Waals surface area (Å²) in [6.07, 6.45) is 3.96. The van der Waals surface area contributed by atoms with E-state index in [2.05, 4.69) is 35.5 Å². The second kappa shape index (κ2) is 9.18. The second-order valence-electron chi connectivity index (χ2n) is 9.09. The first-order valence-electron chi connectivity index (χ1n) is 11.7. The van der Waals surface area contributed by atoms with Gasteiger partial charge in [-0.15, -0.1) is 0 Å². The largest absolute Gasteiger partial charge is 0.369 e. The zero-order valence-electron chi connectivity index (χ0n) is 20.2. The predicted molar refractivity (Wildman–Crippen MR) is 133 cm³/mol. The van der Waals surface area contributed by atoms with Crippen molar-refractivity contribution in [3.05, 3.63) is 54.1 Å². The van der Waals surface area contributed by atoms with Crippen molar-refractivity contribution in [1.82, 2.24) is 29.8 Å². The number of nitrogens with one attached hydrogen (secondary N) is 2. The Morgan fingerprint density at radius 3 is 2.57 bits per heavy atom. The van der Waals surface area contributed by atoms with Crippen LogP contribution >= 0.6 is 0 Å². The van der Waals surface area contributed by atoms with Crippen LogP contribution in [0.25, 0.3) is 22.3 Å². The number of nitrogens with zero attached hydrogens (tertiary/aromatic N) is 6. The Morgan fingerprint density at radius 2 is 1.89 bits per heavy atom. The highest BCUT2D eigenvalue weighted by molar-refractivity contribution is 5.83. The first kappa shape index (κ1) is 23.1. The van der Waals surface area contributed by atoms with E-state index >= 15 is 0 Å². The van der Waals surface area contributed by atoms with Crippen LogP contribution in [0, 0.1) is 18.6 Å². The van der Waals surface area contributed by atoms with Crippen molar-refractivity contribution in [2.75, 3.05) is 30.4 Å². The first-order chi connectivity index (χ1) is 16.8. The van der Waals surface area contributed by atoms with Gasteiger partial charge in [0.05, 0.1) is 23.6 Å². The molecule has 3 aromatic heterocycles. The molecule has 1 atom stereocenters. The fourth-order valence-corrected chi connectivity index (χ4v) is 4.68. The zero-order chi connectivity index (χ0) is 24.7. The van der Waals surface area contributed by atoms with Crippen LogP contribution in [0.4, 0.5) is 26.2 Å². The van der Waals surface area contributed by atoms with Gasteiger partial charge in [0.15, 0.2) is 11.6 Å². The number of imidazole rings is 1. The Labute approximate surface area is 202 Å². The Bertz CT molecular complexity index is 1370. The van der Waals surface area contributed by atoms with Crippen molar-refractivity contribution in [3.8, 4) is 11.3 Å². The monoisotopic (exact) mass is 478 g/mol. The maximum atomic E-state index is 14.9. The van der Waals surface area contributed by atoms with Crippen LogP contribution < -0.4 is 15.5 Å². The summed E-state index contributed by atoms with van der Waals surface area (Å²) in [5.41, 5.74) is 2.21. The molecule has 1 aliphatic heterocycles. The van der Waals surface area contributed by atoms with E-state index in [-0.39, 0.29) is 23.2 Å². The average molecular weight is 479 g/mol. The number of aromatic nitrogens is 5. The number of hydrogen-bond acceptors (Lipinski definition) is 7. The first-order valence-corrected chi connectivity index (χ1v) is 11.7. The maximum absolute atomic E-state index is 14.9. The lowest BCUT2D eigenvalue weighted by Crippen LogP contribution is -2.29. The SMILES string of the molecule is CNC1CCN(c2ccc(Nc3ncc(F)c(-c4cc(F)c5nc(C)n(C(C)C)c5c4)n3)nc2)C1. The molecule has 1 aliphatic rings. The molecule has 4 aromatic rings. The molecule has 5 rings (SSSR count). The van der Waals surface area contributed by atoms with E-state index in [0.717, 1.165) is 31.4 Å². The molecule has 1 saturated heterocycles. The van der Waals surface area contributed by atoms with Gasteiger partial charge in [0, 0.05) is 30.7 Å². The lowest BCUT2D eigenvalue weighted by atomic mass is 10.1. The number of benzene rings is 1. The molecule has 1 fully saturated rings. The number of halogens is 2. The molecule has 0 spiro atoms. The molecule has 35 heavy (non-hydrogen) atoms. The topological polar surface area (TPSA) is 83.8 Å². The fraction of sp³-hybridized carbons (Fsp3) is 0.360. The number of fused-ring (bicyclic) bond motifs is 1. The van der Waals surface area contributed by atoms with Crippen LogP contribution in [0.2, 0.25) is 0 Å². The minimum Gasteiger partial charge on any atom is -0.369 e. The quantitative estimate of drug-likeness (QED) is 0.419. The molecule has 0 aliphatic carbocycles. The van der Waals surface area contributed by atoms with E-state index in [1.807, 2.05) is 44.5 Å². The normalized spacial score (nSPS) is 16.0. The zero-order valence-corrected chi connectivity index (χ0v) is 20.2. The lowest BCUT2D eigenvalue weighted by Gasteiger charge is -2.18. The number of likely N-dealkylation sites (N-methyl/N-ethyl adjacent to an activating group) is 1. The van der Waals surface area contributed by atoms with Gasteiger partial charge in [-0.1, -0.05) is 0 Å². The third kappa shape index (κ3) is 4.41. The van der Waals surface area contributed by atoms with Crippen LogP contribution in [-0.2, 0) is 0 Å². The highest BCUT2D eigenvalue weighted by Crippen LogP contribution is 2.30. The molecule has 0 amide bonds. The Hall–Kier alpha value is -3.66. The average Bonchev–Trinajstić information content (AvgIpc) is 3.45. The summed E-state index contributed by atoms with van der Waals surface area (Å²) < 4.78 is 31.6.